The van der Waals surface area contributed by atoms with Crippen LogP contribution in [0.3, 0.4) is 0 Å². The number of carbonyl (C=O) groups excluding carboxylic acids is 2. The van der Waals surface area contributed by atoms with E-state index in [1.165, 1.54) is 24.1 Å². The second kappa shape index (κ2) is 8.60. The summed E-state index contributed by atoms with van der Waals surface area (Å²) in [6.45, 7) is -0.461. The Morgan fingerprint density at radius 2 is 1.95 bits per heavy atom. The molecule has 0 aliphatic rings. The van der Waals surface area contributed by atoms with Crippen molar-refractivity contribution in [2.45, 2.75) is 12.7 Å². The van der Waals surface area contributed by atoms with Crippen LogP contribution in [-0.2, 0) is 22.3 Å². The molecule has 5 nitrogen and oxygen atoms in total. The van der Waals surface area contributed by atoms with Gasteiger partial charge in [-0.1, -0.05) is 12.1 Å². The highest BCUT2D eigenvalue weighted by molar-refractivity contribution is 5.85. The monoisotopic (exact) mass is 339 g/mol. The summed E-state index contributed by atoms with van der Waals surface area (Å²) >= 11 is 0. The maximum absolute atomic E-state index is 12.6. The van der Waals surface area contributed by atoms with Crippen LogP contribution in [0.25, 0.3) is 0 Å². The van der Waals surface area contributed by atoms with Crippen LogP contribution in [-0.4, -0.2) is 36.9 Å². The molecule has 0 aliphatic carbocycles. The number of hydrogen-bond acceptors (Lipinski definition) is 3. The maximum atomic E-state index is 12.6. The Kier molecular flexibility index (Phi) is 7.89. The molecule has 3 N–H and O–H groups in total. The van der Waals surface area contributed by atoms with Gasteiger partial charge in [0, 0.05) is 13.6 Å². The van der Waals surface area contributed by atoms with Crippen molar-refractivity contribution in [3.05, 3.63) is 35.4 Å². The summed E-state index contributed by atoms with van der Waals surface area (Å²) in [5.41, 5.74) is 4.66. The Labute approximate surface area is 132 Å². The summed E-state index contributed by atoms with van der Waals surface area (Å²) in [6.07, 6.45) is -4.42. The first-order valence-corrected chi connectivity index (χ1v) is 6.11. The lowest BCUT2D eigenvalue weighted by Crippen LogP contribution is -2.40. The largest absolute Gasteiger partial charge is 0.416 e. The Bertz CT molecular complexity index is 523. The van der Waals surface area contributed by atoms with E-state index in [1.807, 2.05) is 0 Å². The predicted octanol–water partition coefficient (Wildman–Crippen LogP) is 1.16. The standard InChI is InChI=1S/C13H16F3N3O2.ClH/c1-19(12(21)7-18-11(20)6-17)8-9-3-2-4-10(5-9)13(14,15)16;/h2-5H,6-8,17H2,1H3,(H,18,20);1H. The number of benzene rings is 1. The van der Waals surface area contributed by atoms with Gasteiger partial charge < -0.3 is 16.0 Å². The second-order valence-corrected chi connectivity index (χ2v) is 4.43. The van der Waals surface area contributed by atoms with Crippen LogP contribution in [0.5, 0.6) is 0 Å². The van der Waals surface area contributed by atoms with Gasteiger partial charge >= 0.3 is 6.18 Å². The number of amides is 2. The Morgan fingerprint density at radius 1 is 1.32 bits per heavy atom. The first-order valence-electron chi connectivity index (χ1n) is 6.11. The first kappa shape index (κ1) is 20.2. The third-order valence-electron chi connectivity index (χ3n) is 2.72. The number of alkyl halides is 3. The molecule has 0 atom stereocenters. The Morgan fingerprint density at radius 3 is 2.50 bits per heavy atom. The Hall–Kier alpha value is -1.80. The zero-order valence-electron chi connectivity index (χ0n) is 11.8. The minimum Gasteiger partial charge on any atom is -0.346 e. The van der Waals surface area contributed by atoms with Crippen LogP contribution in [0.1, 0.15) is 11.1 Å². The molecule has 1 aromatic carbocycles. The molecule has 22 heavy (non-hydrogen) atoms. The molecule has 1 rings (SSSR count). The number of nitrogens with one attached hydrogen (secondary N) is 1. The lowest BCUT2D eigenvalue weighted by Gasteiger charge is -2.18. The van der Waals surface area contributed by atoms with Crippen molar-refractivity contribution in [3.63, 3.8) is 0 Å². The molecule has 124 valence electrons. The molecular weight excluding hydrogens is 323 g/mol. The second-order valence-electron chi connectivity index (χ2n) is 4.43. The molecule has 1 aromatic rings. The number of nitrogens with zero attached hydrogens (tertiary/aromatic N) is 1. The highest BCUT2D eigenvalue weighted by Crippen LogP contribution is 2.29. The van der Waals surface area contributed by atoms with E-state index >= 15 is 0 Å². The van der Waals surface area contributed by atoms with E-state index in [4.69, 9.17) is 5.73 Å². The molecule has 0 heterocycles. The molecule has 0 saturated heterocycles. The van der Waals surface area contributed by atoms with Crippen molar-refractivity contribution in [1.29, 1.82) is 0 Å². The van der Waals surface area contributed by atoms with Gasteiger partial charge in [-0.05, 0) is 17.7 Å². The van der Waals surface area contributed by atoms with E-state index in [0.29, 0.717) is 5.56 Å². The molecule has 0 aliphatic heterocycles. The van der Waals surface area contributed by atoms with Crippen molar-refractivity contribution in [1.82, 2.24) is 10.2 Å². The SMILES string of the molecule is CN(Cc1cccc(C(F)(F)F)c1)C(=O)CNC(=O)CN.Cl. The van der Waals surface area contributed by atoms with Crippen LogP contribution in [0.4, 0.5) is 13.2 Å². The average molecular weight is 340 g/mol. The first-order chi connectivity index (χ1) is 9.74. The summed E-state index contributed by atoms with van der Waals surface area (Å²) in [4.78, 5) is 23.8. The number of rotatable bonds is 5. The van der Waals surface area contributed by atoms with Crippen molar-refractivity contribution in [3.8, 4) is 0 Å². The topological polar surface area (TPSA) is 75.4 Å². The van der Waals surface area contributed by atoms with Gasteiger partial charge in [-0.25, -0.2) is 0 Å². The van der Waals surface area contributed by atoms with E-state index in [1.54, 1.807) is 0 Å². The van der Waals surface area contributed by atoms with Gasteiger partial charge in [0.05, 0.1) is 18.7 Å². The molecule has 0 unspecified atom stereocenters. The number of likely N-dealkylation sites (N-methyl/N-ethyl adjacent to an activating group) is 1. The lowest BCUT2D eigenvalue weighted by molar-refractivity contribution is -0.137. The van der Waals surface area contributed by atoms with Gasteiger partial charge in [-0.3, -0.25) is 9.59 Å². The summed E-state index contributed by atoms with van der Waals surface area (Å²) in [6, 6.07) is 4.74. The van der Waals surface area contributed by atoms with E-state index in [0.717, 1.165) is 12.1 Å². The Balaban J connectivity index is 0.00000441. The quantitative estimate of drug-likeness (QED) is 0.845. The minimum atomic E-state index is -4.42. The lowest BCUT2D eigenvalue weighted by atomic mass is 10.1. The molecule has 0 radical (unpaired) electrons. The highest BCUT2D eigenvalue weighted by atomic mass is 35.5. The maximum Gasteiger partial charge on any atom is 0.416 e. The van der Waals surface area contributed by atoms with Crippen molar-refractivity contribution >= 4 is 24.2 Å². The van der Waals surface area contributed by atoms with E-state index in [-0.39, 0.29) is 32.0 Å². The van der Waals surface area contributed by atoms with Crippen molar-refractivity contribution in [2.24, 2.45) is 5.73 Å². The third-order valence-corrected chi connectivity index (χ3v) is 2.72. The molecular formula is C13H17ClF3N3O2. The molecule has 0 saturated carbocycles. The normalized spacial score (nSPS) is 10.6. The summed E-state index contributed by atoms with van der Waals surface area (Å²) in [5.74, 6) is -0.898. The van der Waals surface area contributed by atoms with Gasteiger partial charge in [-0.2, -0.15) is 13.2 Å². The summed E-state index contributed by atoms with van der Waals surface area (Å²) < 4.78 is 37.7. The van der Waals surface area contributed by atoms with Crippen molar-refractivity contribution < 1.29 is 22.8 Å². The molecule has 0 fully saturated rings. The molecule has 9 heteroatoms. The predicted molar refractivity (Wildman–Crippen MR) is 77.2 cm³/mol. The zero-order valence-corrected chi connectivity index (χ0v) is 12.6. The minimum absolute atomic E-state index is 0. The van der Waals surface area contributed by atoms with Gasteiger partial charge in [0.25, 0.3) is 0 Å². The van der Waals surface area contributed by atoms with Crippen LogP contribution in [0.15, 0.2) is 24.3 Å². The van der Waals surface area contributed by atoms with Crippen molar-refractivity contribution in [2.75, 3.05) is 20.1 Å². The average Bonchev–Trinajstić information content (AvgIpc) is 2.43. The van der Waals surface area contributed by atoms with Crippen LogP contribution in [0.2, 0.25) is 0 Å². The van der Waals surface area contributed by atoms with Crippen LogP contribution in [0, 0.1) is 0 Å². The van der Waals surface area contributed by atoms with Gasteiger partial charge in [0.1, 0.15) is 0 Å². The van der Waals surface area contributed by atoms with Gasteiger partial charge in [-0.15, -0.1) is 12.4 Å². The molecule has 0 bridgehead atoms. The van der Waals surface area contributed by atoms with E-state index in [9.17, 15) is 22.8 Å². The van der Waals surface area contributed by atoms with Gasteiger partial charge in [0.15, 0.2) is 0 Å². The van der Waals surface area contributed by atoms with E-state index in [2.05, 4.69) is 5.32 Å². The molecule has 0 spiro atoms. The smallest absolute Gasteiger partial charge is 0.346 e. The van der Waals surface area contributed by atoms with Crippen LogP contribution >= 0.6 is 12.4 Å². The number of nitrogens with two attached hydrogens (primary N) is 1. The molecule has 0 aromatic heterocycles. The third kappa shape index (κ3) is 6.31. The van der Waals surface area contributed by atoms with Gasteiger partial charge in [0.2, 0.25) is 11.8 Å². The summed E-state index contributed by atoms with van der Waals surface area (Å²) in [7, 11) is 1.44. The fourth-order valence-electron chi connectivity index (χ4n) is 1.59. The zero-order chi connectivity index (χ0) is 16.0. The number of carbonyl (C=O) groups is 2. The number of hydrogen-bond donors (Lipinski definition) is 2. The van der Waals surface area contributed by atoms with Crippen LogP contribution < -0.4 is 11.1 Å². The molecule has 2 amide bonds. The fraction of sp³-hybridized carbons (Fsp3) is 0.385. The summed E-state index contributed by atoms with van der Waals surface area (Å²) in [5, 5.41) is 2.30. The number of halogens is 4. The van der Waals surface area contributed by atoms with E-state index < -0.39 is 23.6 Å². The highest BCUT2D eigenvalue weighted by Gasteiger charge is 2.30. The fourth-order valence-corrected chi connectivity index (χ4v) is 1.59.